The van der Waals surface area contributed by atoms with Crippen LogP contribution in [0, 0.1) is 11.3 Å². The molecule has 0 spiro atoms. The third-order valence-electron chi connectivity index (χ3n) is 4.56. The van der Waals surface area contributed by atoms with Crippen molar-refractivity contribution >= 4 is 29.9 Å². The van der Waals surface area contributed by atoms with Crippen LogP contribution in [-0.4, -0.2) is 30.2 Å². The molecule has 5 heteroatoms. The molecule has 0 amide bonds. The van der Waals surface area contributed by atoms with Crippen LogP contribution < -0.4 is 10.6 Å². The SMILES string of the molecule is CCNC(=NCC1(C2CC2)CC1)NCCn1cccc1.I. The number of nitrogens with zero attached hydrogens (tertiary/aromatic N) is 2. The molecule has 21 heavy (non-hydrogen) atoms. The summed E-state index contributed by atoms with van der Waals surface area (Å²) in [5.41, 5.74) is 0.586. The zero-order chi connectivity index (χ0) is 13.8. The molecular weight excluding hydrogens is 375 g/mol. The number of hydrogen-bond donors (Lipinski definition) is 2. The van der Waals surface area contributed by atoms with Gasteiger partial charge in [-0.1, -0.05) is 0 Å². The van der Waals surface area contributed by atoms with Gasteiger partial charge < -0.3 is 15.2 Å². The fourth-order valence-corrected chi connectivity index (χ4v) is 2.95. The van der Waals surface area contributed by atoms with E-state index in [2.05, 4.69) is 46.7 Å². The Labute approximate surface area is 144 Å². The van der Waals surface area contributed by atoms with Gasteiger partial charge in [-0.05, 0) is 56.1 Å². The predicted octanol–water partition coefficient (Wildman–Crippen LogP) is 2.85. The first-order chi connectivity index (χ1) is 9.82. The van der Waals surface area contributed by atoms with Crippen molar-refractivity contribution in [2.75, 3.05) is 19.6 Å². The van der Waals surface area contributed by atoms with Crippen LogP contribution in [-0.2, 0) is 6.54 Å². The Hall–Kier alpha value is -0.720. The molecule has 2 aliphatic carbocycles. The quantitative estimate of drug-likeness (QED) is 0.419. The molecule has 2 N–H and O–H groups in total. The summed E-state index contributed by atoms with van der Waals surface area (Å²) < 4.78 is 2.18. The van der Waals surface area contributed by atoms with E-state index in [1.807, 2.05) is 0 Å². The van der Waals surface area contributed by atoms with E-state index < -0.39 is 0 Å². The molecule has 0 aromatic carbocycles. The van der Waals surface area contributed by atoms with Crippen molar-refractivity contribution in [3.8, 4) is 0 Å². The van der Waals surface area contributed by atoms with Gasteiger partial charge in [0.15, 0.2) is 5.96 Å². The van der Waals surface area contributed by atoms with E-state index in [0.29, 0.717) is 5.41 Å². The summed E-state index contributed by atoms with van der Waals surface area (Å²) in [6.45, 7) is 5.95. The summed E-state index contributed by atoms with van der Waals surface area (Å²) in [6.07, 6.45) is 9.85. The molecule has 3 rings (SSSR count). The van der Waals surface area contributed by atoms with Crippen molar-refractivity contribution < 1.29 is 0 Å². The molecule has 0 saturated heterocycles. The van der Waals surface area contributed by atoms with Crippen molar-refractivity contribution in [1.82, 2.24) is 15.2 Å². The van der Waals surface area contributed by atoms with Crippen LogP contribution in [0.25, 0.3) is 0 Å². The third-order valence-corrected chi connectivity index (χ3v) is 4.56. The average Bonchev–Trinajstić information content (AvgIpc) is 3.36. The first-order valence-corrected chi connectivity index (χ1v) is 7.95. The number of aromatic nitrogens is 1. The van der Waals surface area contributed by atoms with Gasteiger partial charge in [0.2, 0.25) is 0 Å². The molecule has 1 heterocycles. The molecule has 2 fully saturated rings. The maximum atomic E-state index is 4.81. The van der Waals surface area contributed by atoms with Gasteiger partial charge in [-0.3, -0.25) is 4.99 Å². The van der Waals surface area contributed by atoms with Crippen molar-refractivity contribution in [2.24, 2.45) is 16.3 Å². The lowest BCUT2D eigenvalue weighted by atomic mass is 10.0. The molecular formula is C16H27IN4. The molecule has 0 atom stereocenters. The smallest absolute Gasteiger partial charge is 0.191 e. The maximum Gasteiger partial charge on any atom is 0.191 e. The highest BCUT2D eigenvalue weighted by Gasteiger charge is 2.53. The van der Waals surface area contributed by atoms with Gasteiger partial charge in [-0.25, -0.2) is 0 Å². The van der Waals surface area contributed by atoms with Gasteiger partial charge in [0.1, 0.15) is 0 Å². The molecule has 0 radical (unpaired) electrons. The van der Waals surface area contributed by atoms with Crippen molar-refractivity contribution in [1.29, 1.82) is 0 Å². The lowest BCUT2D eigenvalue weighted by Gasteiger charge is -2.15. The van der Waals surface area contributed by atoms with Crippen LogP contribution in [0.15, 0.2) is 29.5 Å². The van der Waals surface area contributed by atoms with Gasteiger partial charge in [0, 0.05) is 38.6 Å². The van der Waals surface area contributed by atoms with Crippen LogP contribution in [0.3, 0.4) is 0 Å². The monoisotopic (exact) mass is 402 g/mol. The highest BCUT2D eigenvalue weighted by Crippen LogP contribution is 2.61. The maximum absolute atomic E-state index is 4.81. The van der Waals surface area contributed by atoms with E-state index in [0.717, 1.165) is 38.1 Å². The summed E-state index contributed by atoms with van der Waals surface area (Å²) in [5, 5.41) is 6.79. The Morgan fingerprint density at radius 2 is 1.95 bits per heavy atom. The topological polar surface area (TPSA) is 41.4 Å². The number of guanidine groups is 1. The summed E-state index contributed by atoms with van der Waals surface area (Å²) in [6, 6.07) is 4.12. The van der Waals surface area contributed by atoms with Gasteiger partial charge in [-0.2, -0.15) is 0 Å². The van der Waals surface area contributed by atoms with Crippen molar-refractivity contribution in [3.05, 3.63) is 24.5 Å². The molecule has 1 aromatic heterocycles. The highest BCUT2D eigenvalue weighted by molar-refractivity contribution is 14.0. The first-order valence-electron chi connectivity index (χ1n) is 7.95. The van der Waals surface area contributed by atoms with Crippen LogP contribution in [0.5, 0.6) is 0 Å². The second kappa shape index (κ2) is 7.51. The minimum absolute atomic E-state index is 0. The predicted molar refractivity (Wildman–Crippen MR) is 98.2 cm³/mol. The number of aliphatic imine (C=N–C) groups is 1. The number of rotatable bonds is 7. The third kappa shape index (κ3) is 4.63. The van der Waals surface area contributed by atoms with Crippen molar-refractivity contribution in [2.45, 2.75) is 39.2 Å². The summed E-state index contributed by atoms with van der Waals surface area (Å²) >= 11 is 0. The molecule has 118 valence electrons. The van der Waals surface area contributed by atoms with Crippen LogP contribution in [0.2, 0.25) is 0 Å². The van der Waals surface area contributed by atoms with Crippen LogP contribution >= 0.6 is 24.0 Å². The van der Waals surface area contributed by atoms with Gasteiger partial charge in [0.05, 0.1) is 0 Å². The first kappa shape index (κ1) is 16.6. The van der Waals surface area contributed by atoms with E-state index >= 15 is 0 Å². The van der Waals surface area contributed by atoms with Gasteiger partial charge in [0.25, 0.3) is 0 Å². The largest absolute Gasteiger partial charge is 0.357 e. The molecule has 2 saturated carbocycles. The molecule has 0 unspecified atom stereocenters. The van der Waals surface area contributed by atoms with E-state index in [1.165, 1.54) is 25.7 Å². The Morgan fingerprint density at radius 3 is 2.52 bits per heavy atom. The summed E-state index contributed by atoms with van der Waals surface area (Å²) in [5.74, 6) is 1.96. The van der Waals surface area contributed by atoms with Crippen molar-refractivity contribution in [3.63, 3.8) is 0 Å². The molecule has 4 nitrogen and oxygen atoms in total. The molecule has 1 aromatic rings. The van der Waals surface area contributed by atoms with Gasteiger partial charge in [-0.15, -0.1) is 24.0 Å². The minimum Gasteiger partial charge on any atom is -0.357 e. The lowest BCUT2D eigenvalue weighted by molar-refractivity contribution is 0.452. The zero-order valence-corrected chi connectivity index (χ0v) is 15.2. The molecule has 0 aliphatic heterocycles. The van der Waals surface area contributed by atoms with E-state index in [-0.39, 0.29) is 24.0 Å². The van der Waals surface area contributed by atoms with E-state index in [9.17, 15) is 0 Å². The fraction of sp³-hybridized carbons (Fsp3) is 0.688. The Kier molecular flexibility index (Phi) is 5.96. The second-order valence-corrected chi connectivity index (χ2v) is 6.18. The second-order valence-electron chi connectivity index (χ2n) is 6.18. The number of nitrogens with one attached hydrogen (secondary N) is 2. The summed E-state index contributed by atoms with van der Waals surface area (Å²) in [4.78, 5) is 4.81. The van der Waals surface area contributed by atoms with Crippen LogP contribution in [0.4, 0.5) is 0 Å². The lowest BCUT2D eigenvalue weighted by Crippen LogP contribution is -2.39. The molecule has 2 aliphatic rings. The number of hydrogen-bond acceptors (Lipinski definition) is 1. The van der Waals surface area contributed by atoms with Gasteiger partial charge >= 0.3 is 0 Å². The standard InChI is InChI=1S/C16H26N4.HI/c1-2-17-15(18-9-12-20-10-3-4-11-20)19-13-16(7-8-16)14-5-6-14;/h3-4,10-11,14H,2,5-9,12-13H2,1H3,(H2,17,18,19);1H. The fourth-order valence-electron chi connectivity index (χ4n) is 2.95. The summed E-state index contributed by atoms with van der Waals surface area (Å²) in [7, 11) is 0. The van der Waals surface area contributed by atoms with E-state index in [1.54, 1.807) is 0 Å². The average molecular weight is 402 g/mol. The highest BCUT2D eigenvalue weighted by atomic mass is 127. The van der Waals surface area contributed by atoms with Crippen LogP contribution in [0.1, 0.15) is 32.6 Å². The van der Waals surface area contributed by atoms with E-state index in [4.69, 9.17) is 4.99 Å². The zero-order valence-electron chi connectivity index (χ0n) is 12.8. The Morgan fingerprint density at radius 1 is 1.24 bits per heavy atom. The normalized spacial score (nSPS) is 19.8. The Balaban J connectivity index is 0.00000161. The molecule has 0 bridgehead atoms. The Bertz CT molecular complexity index is 447. The number of halogens is 1. The minimum atomic E-state index is 0.